The second-order valence-electron chi connectivity index (χ2n) is 4.67. The number of benzene rings is 2. The molecular weight excluding hydrogens is 288 g/mol. The average molecular weight is 305 g/mol. The van der Waals surface area contributed by atoms with Crippen molar-refractivity contribution in [2.75, 3.05) is 17.2 Å². The maximum absolute atomic E-state index is 11.2. The van der Waals surface area contributed by atoms with Gasteiger partial charge in [0, 0.05) is 22.4 Å². The summed E-state index contributed by atoms with van der Waals surface area (Å²) in [5.74, 6) is -0.439. The highest BCUT2D eigenvalue weighted by Crippen LogP contribution is 2.26. The normalized spacial score (nSPS) is 11.8. The van der Waals surface area contributed by atoms with Crippen LogP contribution < -0.4 is 10.6 Å². The molecule has 4 nitrogen and oxygen atoms in total. The zero-order chi connectivity index (χ0) is 15.2. The number of amides is 1. The SMILES string of the molecule is CC(Nc1cccc(NC(=O)CO)c1)c1ccccc1Cl. The van der Waals surface area contributed by atoms with E-state index >= 15 is 0 Å². The molecule has 1 atom stereocenters. The van der Waals surface area contributed by atoms with Gasteiger partial charge < -0.3 is 15.7 Å². The molecule has 0 aliphatic heterocycles. The van der Waals surface area contributed by atoms with Crippen molar-refractivity contribution in [3.8, 4) is 0 Å². The first-order chi connectivity index (χ1) is 10.1. The third kappa shape index (κ3) is 4.21. The predicted molar refractivity (Wildman–Crippen MR) is 85.6 cm³/mol. The van der Waals surface area contributed by atoms with Crippen molar-refractivity contribution >= 4 is 28.9 Å². The number of aliphatic hydroxyl groups is 1. The van der Waals surface area contributed by atoms with Gasteiger partial charge in [-0.25, -0.2) is 0 Å². The lowest BCUT2D eigenvalue weighted by molar-refractivity contribution is -0.118. The second-order valence-corrected chi connectivity index (χ2v) is 5.08. The van der Waals surface area contributed by atoms with Crippen LogP contribution in [-0.4, -0.2) is 17.6 Å². The second kappa shape index (κ2) is 7.11. The molecule has 0 aromatic heterocycles. The molecule has 1 amide bonds. The predicted octanol–water partition coefficient (Wildman–Crippen LogP) is 3.44. The molecule has 1 unspecified atom stereocenters. The first-order valence-electron chi connectivity index (χ1n) is 6.62. The smallest absolute Gasteiger partial charge is 0.250 e. The van der Waals surface area contributed by atoms with E-state index in [4.69, 9.17) is 16.7 Å². The van der Waals surface area contributed by atoms with E-state index in [0.717, 1.165) is 11.3 Å². The van der Waals surface area contributed by atoms with Gasteiger partial charge in [-0.3, -0.25) is 4.79 Å². The van der Waals surface area contributed by atoms with E-state index < -0.39 is 12.5 Å². The molecule has 0 spiro atoms. The highest BCUT2D eigenvalue weighted by atomic mass is 35.5. The van der Waals surface area contributed by atoms with Crippen molar-refractivity contribution in [2.24, 2.45) is 0 Å². The summed E-state index contributed by atoms with van der Waals surface area (Å²) in [6, 6.07) is 15.0. The number of nitrogens with one attached hydrogen (secondary N) is 2. The van der Waals surface area contributed by atoms with Crippen molar-refractivity contribution in [3.05, 3.63) is 59.1 Å². The Bertz CT molecular complexity index is 631. The van der Waals surface area contributed by atoms with Gasteiger partial charge in [-0.15, -0.1) is 0 Å². The summed E-state index contributed by atoms with van der Waals surface area (Å²) in [7, 11) is 0. The maximum atomic E-state index is 11.2. The van der Waals surface area contributed by atoms with Crippen LogP contribution >= 0.6 is 11.6 Å². The minimum Gasteiger partial charge on any atom is -0.387 e. The van der Waals surface area contributed by atoms with Crippen molar-refractivity contribution in [1.29, 1.82) is 0 Å². The number of anilines is 2. The maximum Gasteiger partial charge on any atom is 0.250 e. The van der Waals surface area contributed by atoms with E-state index in [-0.39, 0.29) is 6.04 Å². The summed E-state index contributed by atoms with van der Waals surface area (Å²) < 4.78 is 0. The van der Waals surface area contributed by atoms with Crippen LogP contribution in [-0.2, 0) is 4.79 Å². The largest absolute Gasteiger partial charge is 0.387 e. The molecule has 0 aliphatic carbocycles. The van der Waals surface area contributed by atoms with E-state index in [1.807, 2.05) is 43.3 Å². The summed E-state index contributed by atoms with van der Waals surface area (Å²) in [6.07, 6.45) is 0. The zero-order valence-electron chi connectivity index (χ0n) is 11.6. The molecule has 110 valence electrons. The first-order valence-corrected chi connectivity index (χ1v) is 6.99. The number of hydrogen-bond acceptors (Lipinski definition) is 3. The summed E-state index contributed by atoms with van der Waals surface area (Å²) in [6.45, 7) is 1.48. The van der Waals surface area contributed by atoms with Gasteiger partial charge in [0.25, 0.3) is 0 Å². The van der Waals surface area contributed by atoms with Gasteiger partial charge in [-0.05, 0) is 36.8 Å². The molecule has 0 saturated heterocycles. The number of carbonyl (C=O) groups is 1. The fourth-order valence-electron chi connectivity index (χ4n) is 2.04. The van der Waals surface area contributed by atoms with Crippen LogP contribution in [0.3, 0.4) is 0 Å². The Kier molecular flexibility index (Phi) is 5.20. The molecule has 0 fully saturated rings. The van der Waals surface area contributed by atoms with E-state index in [1.165, 1.54) is 0 Å². The number of carbonyl (C=O) groups excluding carboxylic acids is 1. The Labute approximate surface area is 128 Å². The lowest BCUT2D eigenvalue weighted by Gasteiger charge is -2.17. The van der Waals surface area contributed by atoms with Gasteiger partial charge in [-0.1, -0.05) is 35.9 Å². The van der Waals surface area contributed by atoms with Gasteiger partial charge >= 0.3 is 0 Å². The topological polar surface area (TPSA) is 61.4 Å². The number of aliphatic hydroxyl groups excluding tert-OH is 1. The van der Waals surface area contributed by atoms with E-state index in [0.29, 0.717) is 10.7 Å². The molecule has 0 saturated carbocycles. The quantitative estimate of drug-likeness (QED) is 0.793. The van der Waals surface area contributed by atoms with Crippen molar-refractivity contribution in [1.82, 2.24) is 0 Å². The minimum absolute atomic E-state index is 0.0301. The van der Waals surface area contributed by atoms with Crippen LogP contribution in [0.15, 0.2) is 48.5 Å². The van der Waals surface area contributed by atoms with Crippen molar-refractivity contribution in [2.45, 2.75) is 13.0 Å². The third-order valence-electron chi connectivity index (χ3n) is 3.04. The molecule has 2 aromatic carbocycles. The minimum atomic E-state index is -0.534. The molecule has 0 heterocycles. The Hall–Kier alpha value is -2.04. The number of rotatable bonds is 5. The Balaban J connectivity index is 2.11. The van der Waals surface area contributed by atoms with Crippen LogP contribution in [0.1, 0.15) is 18.5 Å². The highest BCUT2D eigenvalue weighted by Gasteiger charge is 2.09. The zero-order valence-corrected chi connectivity index (χ0v) is 12.4. The van der Waals surface area contributed by atoms with Gasteiger partial charge in [0.05, 0.1) is 0 Å². The molecular formula is C16H17ClN2O2. The lowest BCUT2D eigenvalue weighted by Crippen LogP contribution is -2.15. The Morgan fingerprint density at radius 3 is 2.62 bits per heavy atom. The van der Waals surface area contributed by atoms with Crippen LogP contribution in [0.4, 0.5) is 11.4 Å². The van der Waals surface area contributed by atoms with E-state index in [1.54, 1.807) is 12.1 Å². The number of halogens is 1. The molecule has 3 N–H and O–H groups in total. The average Bonchev–Trinajstić information content (AvgIpc) is 2.47. The van der Waals surface area contributed by atoms with Gasteiger partial charge in [0.2, 0.25) is 5.91 Å². The Morgan fingerprint density at radius 1 is 1.19 bits per heavy atom. The summed E-state index contributed by atoms with van der Waals surface area (Å²) in [5.41, 5.74) is 2.49. The lowest BCUT2D eigenvalue weighted by atomic mass is 10.1. The molecule has 5 heteroatoms. The van der Waals surface area contributed by atoms with Crippen LogP contribution in [0.5, 0.6) is 0 Å². The molecule has 0 radical (unpaired) electrons. The summed E-state index contributed by atoms with van der Waals surface area (Å²) in [5, 5.41) is 15.4. The first kappa shape index (κ1) is 15.4. The highest BCUT2D eigenvalue weighted by molar-refractivity contribution is 6.31. The third-order valence-corrected chi connectivity index (χ3v) is 3.39. The van der Waals surface area contributed by atoms with E-state index in [2.05, 4.69) is 10.6 Å². The fraction of sp³-hybridized carbons (Fsp3) is 0.188. The molecule has 0 bridgehead atoms. The summed E-state index contributed by atoms with van der Waals surface area (Å²) in [4.78, 5) is 11.2. The van der Waals surface area contributed by atoms with E-state index in [9.17, 15) is 4.79 Å². The molecule has 21 heavy (non-hydrogen) atoms. The monoisotopic (exact) mass is 304 g/mol. The summed E-state index contributed by atoms with van der Waals surface area (Å²) >= 11 is 6.18. The van der Waals surface area contributed by atoms with Gasteiger partial charge in [0.15, 0.2) is 0 Å². The standard InChI is InChI=1S/C16H17ClN2O2/c1-11(14-7-2-3-8-15(14)17)18-12-5-4-6-13(9-12)19-16(21)10-20/h2-9,11,18,20H,10H2,1H3,(H,19,21). The van der Waals surface area contributed by atoms with Crippen LogP contribution in [0.2, 0.25) is 5.02 Å². The molecule has 2 rings (SSSR count). The van der Waals surface area contributed by atoms with Crippen molar-refractivity contribution in [3.63, 3.8) is 0 Å². The number of hydrogen-bond donors (Lipinski definition) is 3. The van der Waals surface area contributed by atoms with Crippen LogP contribution in [0.25, 0.3) is 0 Å². The molecule has 0 aliphatic rings. The van der Waals surface area contributed by atoms with Gasteiger partial charge in [-0.2, -0.15) is 0 Å². The molecule has 2 aromatic rings. The Morgan fingerprint density at radius 2 is 1.90 bits per heavy atom. The van der Waals surface area contributed by atoms with Crippen LogP contribution in [0, 0.1) is 0 Å². The fourth-order valence-corrected chi connectivity index (χ4v) is 2.34. The van der Waals surface area contributed by atoms with Gasteiger partial charge in [0.1, 0.15) is 6.61 Å². The van der Waals surface area contributed by atoms with Crippen molar-refractivity contribution < 1.29 is 9.90 Å².